The smallest absolute Gasteiger partial charge is 0.322 e. The minimum absolute atomic E-state index is 0.120. The van der Waals surface area contributed by atoms with Crippen LogP contribution in [0, 0.1) is 11.6 Å². The van der Waals surface area contributed by atoms with Gasteiger partial charge in [0.1, 0.15) is 16.5 Å². The molecule has 0 atom stereocenters. The van der Waals surface area contributed by atoms with Gasteiger partial charge in [-0.25, -0.2) is 13.6 Å². The number of hydrogen-bond acceptors (Lipinski definition) is 3. The number of urea groups is 1. The molecule has 0 saturated heterocycles. The van der Waals surface area contributed by atoms with Crippen LogP contribution in [-0.2, 0) is 19.5 Å². The number of carbonyl (C=O) groups is 2. The summed E-state index contributed by atoms with van der Waals surface area (Å²) in [6.45, 7) is 1.85. The number of hydrogen-bond donors (Lipinski definition) is 1. The Balaban J connectivity index is 1.57. The van der Waals surface area contributed by atoms with Crippen LogP contribution in [0.2, 0.25) is 5.02 Å². The molecule has 1 N–H and O–H groups in total. The van der Waals surface area contributed by atoms with E-state index in [1.165, 1.54) is 4.90 Å². The Hall–Kier alpha value is -2.68. The van der Waals surface area contributed by atoms with Crippen LogP contribution in [0.25, 0.3) is 0 Å². The quantitative estimate of drug-likeness (QED) is 0.736. The van der Waals surface area contributed by atoms with Crippen LogP contribution >= 0.6 is 11.6 Å². The Labute approximate surface area is 164 Å². The van der Waals surface area contributed by atoms with Crippen molar-refractivity contribution in [3.8, 4) is 0 Å². The van der Waals surface area contributed by atoms with Crippen LogP contribution in [0.1, 0.15) is 28.2 Å². The molecule has 2 aliphatic rings. The van der Waals surface area contributed by atoms with Gasteiger partial charge in [-0.1, -0.05) is 11.6 Å². The summed E-state index contributed by atoms with van der Waals surface area (Å²) in [6, 6.07) is 1.55. The zero-order valence-electron chi connectivity index (χ0n) is 15.1. The Morgan fingerprint density at radius 3 is 2.82 bits per heavy atom. The molecular formula is C18H18ClF2N5O2. The topological polar surface area (TPSA) is 70.5 Å². The predicted molar refractivity (Wildman–Crippen MR) is 98.3 cm³/mol. The van der Waals surface area contributed by atoms with Crippen molar-refractivity contribution in [2.45, 2.75) is 25.9 Å². The largest absolute Gasteiger partial charge is 0.340 e. The first kappa shape index (κ1) is 18.7. The maximum Gasteiger partial charge on any atom is 0.322 e. The Morgan fingerprint density at radius 1 is 1.25 bits per heavy atom. The summed E-state index contributed by atoms with van der Waals surface area (Å²) >= 11 is 5.56. The van der Waals surface area contributed by atoms with E-state index < -0.39 is 22.7 Å². The lowest BCUT2D eigenvalue weighted by atomic mass is 10.0. The highest BCUT2D eigenvalue weighted by Crippen LogP contribution is 2.28. The minimum Gasteiger partial charge on any atom is -0.340 e. The summed E-state index contributed by atoms with van der Waals surface area (Å²) in [5, 5.41) is 6.29. The summed E-state index contributed by atoms with van der Waals surface area (Å²) in [6.07, 6.45) is 1.30. The molecule has 0 unspecified atom stereocenters. The second kappa shape index (κ2) is 7.05. The SMILES string of the molecule is CN1CCCn2nc3c(c2C1=O)CN(C(=O)Nc1ccc(F)c(Cl)c1F)CC3. The molecule has 0 bridgehead atoms. The predicted octanol–water partition coefficient (Wildman–Crippen LogP) is 2.88. The number of nitrogens with one attached hydrogen (secondary N) is 1. The van der Waals surface area contributed by atoms with Gasteiger partial charge < -0.3 is 15.1 Å². The zero-order chi connectivity index (χ0) is 20.0. The number of carbonyl (C=O) groups excluding carboxylic acids is 2. The van der Waals surface area contributed by atoms with Gasteiger partial charge >= 0.3 is 6.03 Å². The second-order valence-electron chi connectivity index (χ2n) is 6.90. The summed E-state index contributed by atoms with van der Waals surface area (Å²) in [5.74, 6) is -2.04. The van der Waals surface area contributed by atoms with Gasteiger partial charge in [-0.15, -0.1) is 0 Å². The zero-order valence-corrected chi connectivity index (χ0v) is 15.9. The molecule has 1 aromatic heterocycles. The molecule has 3 amide bonds. The first-order chi connectivity index (χ1) is 13.4. The maximum absolute atomic E-state index is 14.1. The summed E-state index contributed by atoms with van der Waals surface area (Å²) in [4.78, 5) is 28.4. The van der Waals surface area contributed by atoms with E-state index in [-0.39, 0.29) is 18.1 Å². The number of aromatic nitrogens is 2. The van der Waals surface area contributed by atoms with Crippen LogP contribution in [0.4, 0.5) is 19.3 Å². The van der Waals surface area contributed by atoms with E-state index in [0.29, 0.717) is 31.7 Å². The van der Waals surface area contributed by atoms with Crippen molar-refractivity contribution >= 4 is 29.2 Å². The number of nitrogens with zero attached hydrogens (tertiary/aromatic N) is 4. The normalized spacial score (nSPS) is 16.5. The molecule has 4 rings (SSSR count). The van der Waals surface area contributed by atoms with E-state index in [9.17, 15) is 18.4 Å². The molecule has 2 aliphatic heterocycles. The van der Waals surface area contributed by atoms with Crippen LogP contribution in [0.3, 0.4) is 0 Å². The standard InChI is InChI=1S/C18H18ClF2N5O2/c1-24-6-2-7-26-16(17(24)27)10-9-25(8-5-12(10)23-26)18(28)22-13-4-3-11(20)14(19)15(13)21/h3-4H,2,5-9H2,1H3,(H,22,28). The van der Waals surface area contributed by atoms with Crippen molar-refractivity contribution in [1.82, 2.24) is 19.6 Å². The number of rotatable bonds is 1. The monoisotopic (exact) mass is 409 g/mol. The first-order valence-corrected chi connectivity index (χ1v) is 9.28. The van der Waals surface area contributed by atoms with Crippen molar-refractivity contribution in [2.75, 3.05) is 25.5 Å². The Kier molecular flexibility index (Phi) is 4.70. The van der Waals surface area contributed by atoms with Crippen molar-refractivity contribution in [2.24, 2.45) is 0 Å². The molecule has 0 saturated carbocycles. The molecule has 1 aromatic carbocycles. The molecule has 0 aliphatic carbocycles. The van der Waals surface area contributed by atoms with E-state index >= 15 is 0 Å². The fourth-order valence-corrected chi connectivity index (χ4v) is 3.72. The van der Waals surface area contributed by atoms with Gasteiger partial charge in [-0.2, -0.15) is 5.10 Å². The summed E-state index contributed by atoms with van der Waals surface area (Å²) in [5.41, 5.74) is 1.83. The number of anilines is 1. The highest BCUT2D eigenvalue weighted by Gasteiger charge is 2.32. The van der Waals surface area contributed by atoms with Gasteiger partial charge in [0.2, 0.25) is 0 Å². The lowest BCUT2D eigenvalue weighted by Crippen LogP contribution is -2.39. The summed E-state index contributed by atoms with van der Waals surface area (Å²) < 4.78 is 29.1. The van der Waals surface area contributed by atoms with E-state index in [2.05, 4.69) is 10.4 Å². The molecule has 10 heteroatoms. The molecule has 0 spiro atoms. The van der Waals surface area contributed by atoms with E-state index in [4.69, 9.17) is 11.6 Å². The lowest BCUT2D eigenvalue weighted by molar-refractivity contribution is 0.0793. The van der Waals surface area contributed by atoms with Crippen LogP contribution < -0.4 is 5.32 Å². The molecule has 28 heavy (non-hydrogen) atoms. The van der Waals surface area contributed by atoms with Crippen LogP contribution in [0.15, 0.2) is 12.1 Å². The first-order valence-electron chi connectivity index (χ1n) is 8.90. The fraction of sp³-hybridized carbons (Fsp3) is 0.389. The van der Waals surface area contributed by atoms with Gasteiger partial charge in [0.25, 0.3) is 5.91 Å². The third-order valence-corrected chi connectivity index (χ3v) is 5.42. The number of benzene rings is 1. The Morgan fingerprint density at radius 2 is 2.04 bits per heavy atom. The lowest BCUT2D eigenvalue weighted by Gasteiger charge is -2.27. The number of fused-ring (bicyclic) bond motifs is 3. The average Bonchev–Trinajstić information content (AvgIpc) is 2.98. The summed E-state index contributed by atoms with van der Waals surface area (Å²) in [7, 11) is 1.74. The third-order valence-electron chi connectivity index (χ3n) is 5.08. The van der Waals surface area contributed by atoms with Gasteiger partial charge in [-0.05, 0) is 18.6 Å². The van der Waals surface area contributed by atoms with Crippen molar-refractivity contribution in [3.05, 3.63) is 45.7 Å². The fourth-order valence-electron chi connectivity index (χ4n) is 3.56. The van der Waals surface area contributed by atoms with E-state index in [0.717, 1.165) is 29.8 Å². The molecule has 7 nitrogen and oxygen atoms in total. The second-order valence-corrected chi connectivity index (χ2v) is 7.28. The van der Waals surface area contributed by atoms with Gasteiger partial charge in [-0.3, -0.25) is 9.48 Å². The van der Waals surface area contributed by atoms with Gasteiger partial charge in [0, 0.05) is 38.7 Å². The molecule has 2 aromatic rings. The maximum atomic E-state index is 14.1. The molecule has 148 valence electrons. The highest BCUT2D eigenvalue weighted by molar-refractivity contribution is 6.31. The van der Waals surface area contributed by atoms with Crippen molar-refractivity contribution in [3.63, 3.8) is 0 Å². The number of halogens is 3. The average molecular weight is 410 g/mol. The minimum atomic E-state index is -1.02. The number of aryl methyl sites for hydroxylation is 1. The van der Waals surface area contributed by atoms with Gasteiger partial charge in [0.15, 0.2) is 5.82 Å². The van der Waals surface area contributed by atoms with E-state index in [1.807, 2.05) is 0 Å². The van der Waals surface area contributed by atoms with E-state index in [1.54, 1.807) is 16.6 Å². The highest BCUT2D eigenvalue weighted by atomic mass is 35.5. The Bertz CT molecular complexity index is 977. The molecule has 0 fully saturated rings. The molecule has 3 heterocycles. The van der Waals surface area contributed by atoms with Gasteiger partial charge in [0.05, 0.1) is 17.9 Å². The molecular weight excluding hydrogens is 392 g/mol. The third kappa shape index (κ3) is 3.09. The molecule has 0 radical (unpaired) electrons. The number of amides is 3. The van der Waals surface area contributed by atoms with Crippen LogP contribution in [-0.4, -0.2) is 51.7 Å². The van der Waals surface area contributed by atoms with Crippen molar-refractivity contribution < 1.29 is 18.4 Å². The van der Waals surface area contributed by atoms with Crippen LogP contribution in [0.5, 0.6) is 0 Å². The van der Waals surface area contributed by atoms with Crippen molar-refractivity contribution in [1.29, 1.82) is 0 Å².